The molecular weight excluding hydrogens is 196 g/mol. The normalized spacial score (nSPS) is 14.6. The van der Waals surface area contributed by atoms with Gasteiger partial charge < -0.3 is 5.11 Å². The predicted octanol–water partition coefficient (Wildman–Crippen LogP) is 4.26. The largest absolute Gasteiger partial charge is 0.508 e. The van der Waals surface area contributed by atoms with Crippen LogP contribution in [0.25, 0.3) is 0 Å². The average Bonchev–Trinajstić information content (AvgIpc) is 2.98. The number of hydrogen-bond donors (Lipinski definition) is 1. The summed E-state index contributed by atoms with van der Waals surface area (Å²) in [6.45, 7) is 5.86. The lowest BCUT2D eigenvalue weighted by Crippen LogP contribution is -1.83. The lowest BCUT2D eigenvalue weighted by Gasteiger charge is -2.05. The molecule has 0 radical (unpaired) electrons. The zero-order valence-corrected chi connectivity index (χ0v) is 9.73. The van der Waals surface area contributed by atoms with Crippen molar-refractivity contribution in [1.29, 1.82) is 0 Å². The Labute approximate surface area is 90.7 Å². The fraction of sp³-hybridized carbons (Fsp3) is 0.500. The second kappa shape index (κ2) is 4.70. The standard InChI is InChI=1S/C10H11ClO.C2H6/c1-6-4-9(11)8(5-10(6)12)7-2-3-7;1-2/h4-5,7,12H,2-3H2,1H3;1-2H3. The molecule has 1 aromatic carbocycles. The molecule has 0 bridgehead atoms. The maximum absolute atomic E-state index is 9.44. The van der Waals surface area contributed by atoms with Crippen LogP contribution in [0.1, 0.15) is 43.7 Å². The average molecular weight is 213 g/mol. The van der Waals surface area contributed by atoms with Gasteiger partial charge in [-0.25, -0.2) is 0 Å². The first-order valence-electron chi connectivity index (χ1n) is 5.17. The van der Waals surface area contributed by atoms with Crippen LogP contribution in [0, 0.1) is 6.92 Å². The van der Waals surface area contributed by atoms with Crippen molar-refractivity contribution in [2.45, 2.75) is 39.5 Å². The van der Waals surface area contributed by atoms with E-state index in [-0.39, 0.29) is 0 Å². The number of benzene rings is 1. The Morgan fingerprint density at radius 2 is 1.86 bits per heavy atom. The van der Waals surface area contributed by atoms with Crippen LogP contribution in [-0.2, 0) is 0 Å². The Bertz CT molecular complexity index is 316. The number of phenolic OH excluding ortho intramolecular Hbond substituents is 1. The SMILES string of the molecule is CC.Cc1cc(Cl)c(C2CC2)cc1O. The molecule has 14 heavy (non-hydrogen) atoms. The minimum absolute atomic E-state index is 0.362. The van der Waals surface area contributed by atoms with Crippen LogP contribution in [0.3, 0.4) is 0 Å². The summed E-state index contributed by atoms with van der Waals surface area (Å²) in [5, 5.41) is 10.2. The van der Waals surface area contributed by atoms with E-state index >= 15 is 0 Å². The molecule has 78 valence electrons. The van der Waals surface area contributed by atoms with Crippen molar-refractivity contribution in [2.75, 3.05) is 0 Å². The highest BCUT2D eigenvalue weighted by Crippen LogP contribution is 2.44. The highest BCUT2D eigenvalue weighted by molar-refractivity contribution is 6.31. The summed E-state index contributed by atoms with van der Waals surface area (Å²) in [5.74, 6) is 0.963. The van der Waals surface area contributed by atoms with Gasteiger partial charge in [0.25, 0.3) is 0 Å². The molecule has 1 nitrogen and oxygen atoms in total. The number of phenols is 1. The van der Waals surface area contributed by atoms with E-state index in [2.05, 4.69) is 0 Å². The molecule has 0 amide bonds. The van der Waals surface area contributed by atoms with E-state index in [1.54, 1.807) is 6.07 Å². The third kappa shape index (κ3) is 2.42. The summed E-state index contributed by atoms with van der Waals surface area (Å²) in [7, 11) is 0. The zero-order chi connectivity index (χ0) is 10.7. The van der Waals surface area contributed by atoms with Crippen molar-refractivity contribution in [3.05, 3.63) is 28.3 Å². The molecule has 0 unspecified atom stereocenters. The van der Waals surface area contributed by atoms with Gasteiger partial charge in [-0.2, -0.15) is 0 Å². The van der Waals surface area contributed by atoms with Crippen molar-refractivity contribution in [2.24, 2.45) is 0 Å². The molecule has 0 atom stereocenters. The van der Waals surface area contributed by atoms with Crippen molar-refractivity contribution in [3.8, 4) is 5.75 Å². The molecular formula is C12H17ClO. The molecule has 0 aliphatic heterocycles. The van der Waals surface area contributed by atoms with Gasteiger partial charge in [0, 0.05) is 5.02 Å². The number of aryl methyl sites for hydroxylation is 1. The number of halogens is 1. The maximum atomic E-state index is 9.44. The Balaban J connectivity index is 0.000000461. The second-order valence-electron chi connectivity index (χ2n) is 3.43. The van der Waals surface area contributed by atoms with Crippen LogP contribution in [-0.4, -0.2) is 5.11 Å². The molecule has 2 heteroatoms. The quantitative estimate of drug-likeness (QED) is 0.738. The fourth-order valence-electron chi connectivity index (χ4n) is 1.38. The van der Waals surface area contributed by atoms with Crippen LogP contribution in [0.2, 0.25) is 5.02 Å². The van der Waals surface area contributed by atoms with E-state index in [0.29, 0.717) is 11.7 Å². The number of hydrogen-bond acceptors (Lipinski definition) is 1. The molecule has 1 aliphatic rings. The third-order valence-electron chi connectivity index (χ3n) is 2.33. The third-order valence-corrected chi connectivity index (χ3v) is 2.66. The zero-order valence-electron chi connectivity index (χ0n) is 8.97. The molecule has 2 rings (SSSR count). The van der Waals surface area contributed by atoms with Gasteiger partial charge in [-0.1, -0.05) is 25.4 Å². The summed E-state index contributed by atoms with van der Waals surface area (Å²) < 4.78 is 0. The molecule has 1 saturated carbocycles. The molecule has 0 saturated heterocycles. The summed E-state index contributed by atoms with van der Waals surface area (Å²) >= 11 is 6.03. The van der Waals surface area contributed by atoms with Crippen molar-refractivity contribution >= 4 is 11.6 Å². The van der Waals surface area contributed by atoms with E-state index < -0.39 is 0 Å². The van der Waals surface area contributed by atoms with Crippen molar-refractivity contribution in [3.63, 3.8) is 0 Å². The summed E-state index contributed by atoms with van der Waals surface area (Å²) in [6.07, 6.45) is 2.42. The summed E-state index contributed by atoms with van der Waals surface area (Å²) in [6, 6.07) is 3.64. The van der Waals surface area contributed by atoms with Gasteiger partial charge in [0.05, 0.1) is 0 Å². The summed E-state index contributed by atoms with van der Waals surface area (Å²) in [5.41, 5.74) is 1.96. The van der Waals surface area contributed by atoms with Gasteiger partial charge in [-0.05, 0) is 48.9 Å². The Kier molecular flexibility index (Phi) is 3.82. The molecule has 0 aromatic heterocycles. The van der Waals surface area contributed by atoms with Gasteiger partial charge in [-0.3, -0.25) is 0 Å². The molecule has 0 spiro atoms. The van der Waals surface area contributed by atoms with E-state index in [1.165, 1.54) is 12.8 Å². The first-order valence-corrected chi connectivity index (χ1v) is 5.55. The van der Waals surface area contributed by atoms with Gasteiger partial charge in [0.2, 0.25) is 0 Å². The van der Waals surface area contributed by atoms with E-state index in [9.17, 15) is 5.11 Å². The second-order valence-corrected chi connectivity index (χ2v) is 3.84. The Hall–Kier alpha value is -0.690. The van der Waals surface area contributed by atoms with Crippen LogP contribution >= 0.6 is 11.6 Å². The van der Waals surface area contributed by atoms with Crippen molar-refractivity contribution in [1.82, 2.24) is 0 Å². The van der Waals surface area contributed by atoms with Crippen LogP contribution < -0.4 is 0 Å². The highest BCUT2D eigenvalue weighted by Gasteiger charge is 2.26. The number of rotatable bonds is 1. The van der Waals surface area contributed by atoms with Crippen molar-refractivity contribution < 1.29 is 5.11 Å². The predicted molar refractivity (Wildman–Crippen MR) is 61.2 cm³/mol. The van der Waals surface area contributed by atoms with Gasteiger partial charge in [0.1, 0.15) is 5.75 Å². The van der Waals surface area contributed by atoms with E-state index in [1.807, 2.05) is 26.8 Å². The summed E-state index contributed by atoms with van der Waals surface area (Å²) in [4.78, 5) is 0. The van der Waals surface area contributed by atoms with Gasteiger partial charge >= 0.3 is 0 Å². The molecule has 1 aliphatic carbocycles. The molecule has 1 N–H and O–H groups in total. The lowest BCUT2D eigenvalue weighted by molar-refractivity contribution is 0.470. The highest BCUT2D eigenvalue weighted by atomic mass is 35.5. The Morgan fingerprint density at radius 1 is 1.29 bits per heavy atom. The van der Waals surface area contributed by atoms with E-state index in [4.69, 9.17) is 11.6 Å². The van der Waals surface area contributed by atoms with E-state index in [0.717, 1.165) is 16.1 Å². The lowest BCUT2D eigenvalue weighted by atomic mass is 10.1. The minimum atomic E-state index is 0.362. The van der Waals surface area contributed by atoms with Gasteiger partial charge in [-0.15, -0.1) is 0 Å². The first kappa shape index (κ1) is 11.4. The van der Waals surface area contributed by atoms with Crippen LogP contribution in [0.15, 0.2) is 12.1 Å². The maximum Gasteiger partial charge on any atom is 0.118 e. The first-order chi connectivity index (χ1) is 6.68. The van der Waals surface area contributed by atoms with Gasteiger partial charge in [0.15, 0.2) is 0 Å². The fourth-order valence-corrected chi connectivity index (χ4v) is 1.76. The smallest absolute Gasteiger partial charge is 0.118 e. The monoisotopic (exact) mass is 212 g/mol. The minimum Gasteiger partial charge on any atom is -0.508 e. The topological polar surface area (TPSA) is 20.2 Å². The number of aromatic hydroxyl groups is 1. The van der Waals surface area contributed by atoms with Crippen LogP contribution in [0.4, 0.5) is 0 Å². The molecule has 1 aromatic rings. The molecule has 0 heterocycles. The van der Waals surface area contributed by atoms with Crippen LogP contribution in [0.5, 0.6) is 5.75 Å². The molecule has 1 fully saturated rings. The Morgan fingerprint density at radius 3 is 2.36 bits per heavy atom.